The van der Waals surface area contributed by atoms with Crippen molar-refractivity contribution in [3.05, 3.63) is 36.7 Å². The smallest absolute Gasteiger partial charge is 0.250 e. The predicted octanol–water partition coefficient (Wildman–Crippen LogP) is 0.842. The fourth-order valence-electron chi connectivity index (χ4n) is 0.481. The van der Waals surface area contributed by atoms with Crippen LogP contribution in [-0.4, -0.2) is 11.8 Å². The molecular weight excluding hydrogens is 180 g/mol. The first kappa shape index (κ1) is 12.2. The second-order valence-electron chi connectivity index (χ2n) is 2.84. The molecule has 0 spiro atoms. The molecular formula is C10H14N2O2. The zero-order valence-corrected chi connectivity index (χ0v) is 8.39. The van der Waals surface area contributed by atoms with Gasteiger partial charge in [-0.15, -0.1) is 0 Å². The summed E-state index contributed by atoms with van der Waals surface area (Å²) in [5.74, 6) is -0.573. The third-order valence-electron chi connectivity index (χ3n) is 1.29. The van der Waals surface area contributed by atoms with E-state index >= 15 is 0 Å². The molecule has 0 unspecified atom stereocenters. The zero-order chi connectivity index (χ0) is 11.1. The molecule has 4 nitrogen and oxygen atoms in total. The molecule has 0 fully saturated rings. The first-order chi connectivity index (χ1) is 6.45. The van der Waals surface area contributed by atoms with Gasteiger partial charge in [0, 0.05) is 23.5 Å². The zero-order valence-electron chi connectivity index (χ0n) is 8.39. The number of carbonyl (C=O) groups is 2. The summed E-state index contributed by atoms with van der Waals surface area (Å²) in [7, 11) is 0. The molecule has 2 amide bonds. The van der Waals surface area contributed by atoms with Crippen molar-refractivity contribution in [2.24, 2.45) is 0 Å². The lowest BCUT2D eigenvalue weighted by Crippen LogP contribution is -2.21. The predicted molar refractivity (Wildman–Crippen MR) is 55.1 cm³/mol. The molecule has 14 heavy (non-hydrogen) atoms. The minimum absolute atomic E-state index is 0.286. The number of carbonyl (C=O) groups excluding carboxylic acids is 2. The molecule has 0 aromatic heterocycles. The van der Waals surface area contributed by atoms with Gasteiger partial charge in [0.25, 0.3) is 0 Å². The normalized spacial score (nSPS) is 9.57. The third kappa shape index (κ3) is 4.92. The summed E-state index contributed by atoms with van der Waals surface area (Å²) >= 11 is 0. The van der Waals surface area contributed by atoms with E-state index < -0.39 is 0 Å². The maximum Gasteiger partial charge on any atom is 0.250 e. The Balaban J connectivity index is 3.86. The standard InChI is InChI=1S/C10H14N2O2/c1-7(2)9(13)11-5-6-12-10(14)8(3)4/h5-6H,1,3H2,2,4H3,(H,11,13)(H,12,14). The Kier molecular flexibility index (Phi) is 4.99. The van der Waals surface area contributed by atoms with Crippen LogP contribution >= 0.6 is 0 Å². The van der Waals surface area contributed by atoms with Crippen molar-refractivity contribution >= 4 is 11.8 Å². The van der Waals surface area contributed by atoms with Gasteiger partial charge in [0.05, 0.1) is 0 Å². The second kappa shape index (κ2) is 5.75. The Morgan fingerprint density at radius 1 is 0.929 bits per heavy atom. The van der Waals surface area contributed by atoms with Crippen LogP contribution in [0.15, 0.2) is 36.7 Å². The van der Waals surface area contributed by atoms with Gasteiger partial charge in [0.15, 0.2) is 0 Å². The van der Waals surface area contributed by atoms with E-state index in [-0.39, 0.29) is 11.8 Å². The molecule has 0 saturated heterocycles. The van der Waals surface area contributed by atoms with Crippen molar-refractivity contribution in [3.8, 4) is 0 Å². The summed E-state index contributed by atoms with van der Waals surface area (Å²) in [4.78, 5) is 21.9. The summed E-state index contributed by atoms with van der Waals surface area (Å²) in [6.07, 6.45) is 2.66. The van der Waals surface area contributed by atoms with Crippen molar-refractivity contribution < 1.29 is 9.59 Å². The van der Waals surface area contributed by atoms with Crippen LogP contribution in [0, 0.1) is 0 Å². The number of nitrogens with one attached hydrogen (secondary N) is 2. The molecule has 0 aromatic rings. The van der Waals surface area contributed by atoms with E-state index in [1.54, 1.807) is 13.8 Å². The highest BCUT2D eigenvalue weighted by atomic mass is 16.2. The molecule has 2 N–H and O–H groups in total. The number of rotatable bonds is 4. The van der Waals surface area contributed by atoms with E-state index in [0.717, 1.165) is 0 Å². The van der Waals surface area contributed by atoms with Gasteiger partial charge in [-0.3, -0.25) is 9.59 Å². The number of hydrogen-bond donors (Lipinski definition) is 2. The van der Waals surface area contributed by atoms with Crippen LogP contribution in [0.1, 0.15) is 13.8 Å². The van der Waals surface area contributed by atoms with E-state index in [1.807, 2.05) is 0 Å². The molecule has 0 aliphatic carbocycles. The molecule has 76 valence electrons. The average molecular weight is 194 g/mol. The highest BCUT2D eigenvalue weighted by molar-refractivity contribution is 5.93. The number of amides is 2. The molecule has 0 rings (SSSR count). The monoisotopic (exact) mass is 194 g/mol. The van der Waals surface area contributed by atoms with Gasteiger partial charge in [0.2, 0.25) is 11.8 Å². The topological polar surface area (TPSA) is 58.2 Å². The summed E-state index contributed by atoms with van der Waals surface area (Å²) < 4.78 is 0. The first-order valence-corrected chi connectivity index (χ1v) is 4.03. The Hall–Kier alpha value is -1.84. The maximum absolute atomic E-state index is 10.9. The summed E-state index contributed by atoms with van der Waals surface area (Å²) in [6, 6.07) is 0. The van der Waals surface area contributed by atoms with Crippen molar-refractivity contribution in [1.82, 2.24) is 10.6 Å². The molecule has 0 radical (unpaired) electrons. The molecule has 0 bridgehead atoms. The van der Waals surface area contributed by atoms with Crippen molar-refractivity contribution in [2.75, 3.05) is 0 Å². The minimum atomic E-state index is -0.286. The summed E-state index contributed by atoms with van der Waals surface area (Å²) in [5.41, 5.74) is 0.807. The molecule has 4 heteroatoms. The van der Waals surface area contributed by atoms with Crippen molar-refractivity contribution in [2.45, 2.75) is 13.8 Å². The molecule has 0 saturated carbocycles. The highest BCUT2D eigenvalue weighted by Crippen LogP contribution is 1.86. The van der Waals surface area contributed by atoms with Crippen LogP contribution < -0.4 is 10.6 Å². The molecule has 0 aliphatic rings. The number of hydrogen-bond acceptors (Lipinski definition) is 2. The third-order valence-corrected chi connectivity index (χ3v) is 1.29. The van der Waals surface area contributed by atoms with Crippen LogP contribution in [0.5, 0.6) is 0 Å². The van der Waals surface area contributed by atoms with Gasteiger partial charge < -0.3 is 10.6 Å². The molecule has 0 heterocycles. The van der Waals surface area contributed by atoms with Gasteiger partial charge in [0.1, 0.15) is 0 Å². The van der Waals surface area contributed by atoms with Gasteiger partial charge in [-0.05, 0) is 13.8 Å². The Morgan fingerprint density at radius 3 is 1.43 bits per heavy atom. The van der Waals surface area contributed by atoms with Crippen molar-refractivity contribution in [1.29, 1.82) is 0 Å². The molecule has 0 atom stereocenters. The molecule has 0 aromatic carbocycles. The molecule has 0 aliphatic heterocycles. The van der Waals surface area contributed by atoms with Crippen LogP contribution in [0.4, 0.5) is 0 Å². The van der Waals surface area contributed by atoms with E-state index in [9.17, 15) is 9.59 Å². The van der Waals surface area contributed by atoms with Gasteiger partial charge in [-0.25, -0.2) is 0 Å². The van der Waals surface area contributed by atoms with Gasteiger partial charge in [-0.2, -0.15) is 0 Å². The SMILES string of the molecule is C=C(C)C(=O)NC=CNC(=O)C(=C)C. The van der Waals surface area contributed by atoms with E-state index in [0.29, 0.717) is 11.1 Å². The largest absolute Gasteiger partial charge is 0.327 e. The maximum atomic E-state index is 10.9. The van der Waals surface area contributed by atoms with Crippen LogP contribution in [-0.2, 0) is 9.59 Å². The lowest BCUT2D eigenvalue weighted by molar-refractivity contribution is -0.117. The van der Waals surface area contributed by atoms with Crippen molar-refractivity contribution in [3.63, 3.8) is 0 Å². The Labute approximate surface area is 83.4 Å². The fraction of sp³-hybridized carbons (Fsp3) is 0.200. The van der Waals surface area contributed by atoms with E-state index in [4.69, 9.17) is 0 Å². The van der Waals surface area contributed by atoms with Crippen LogP contribution in [0.25, 0.3) is 0 Å². The van der Waals surface area contributed by atoms with Crippen LogP contribution in [0.2, 0.25) is 0 Å². The van der Waals surface area contributed by atoms with E-state index in [2.05, 4.69) is 23.8 Å². The highest BCUT2D eigenvalue weighted by Gasteiger charge is 1.98. The summed E-state index contributed by atoms with van der Waals surface area (Å²) in [5, 5.41) is 4.83. The minimum Gasteiger partial charge on any atom is -0.327 e. The first-order valence-electron chi connectivity index (χ1n) is 4.03. The Morgan fingerprint density at radius 2 is 1.21 bits per heavy atom. The van der Waals surface area contributed by atoms with Gasteiger partial charge >= 0.3 is 0 Å². The lowest BCUT2D eigenvalue weighted by atomic mass is 10.3. The van der Waals surface area contributed by atoms with Gasteiger partial charge in [-0.1, -0.05) is 13.2 Å². The fourth-order valence-corrected chi connectivity index (χ4v) is 0.481. The lowest BCUT2D eigenvalue weighted by Gasteiger charge is -1.99. The average Bonchev–Trinajstić information content (AvgIpc) is 2.11. The quantitative estimate of drug-likeness (QED) is 0.651. The second-order valence-corrected chi connectivity index (χ2v) is 2.84. The van der Waals surface area contributed by atoms with Crippen LogP contribution in [0.3, 0.4) is 0 Å². The van der Waals surface area contributed by atoms with E-state index in [1.165, 1.54) is 12.4 Å². The Bertz CT molecular complexity index is 273. The summed E-state index contributed by atoms with van der Waals surface area (Å²) in [6.45, 7) is 10.1.